The number of nitrogens with two attached hydrogens (primary N) is 2. The smallest absolute Gasteiger partial charge is 0.0328 e. The lowest BCUT2D eigenvalue weighted by atomic mass is 10.1. The molecular weight excluding hydrogens is 216 g/mol. The van der Waals surface area contributed by atoms with Gasteiger partial charge in [0, 0.05) is 16.2 Å². The van der Waals surface area contributed by atoms with Crippen molar-refractivity contribution in [1.82, 2.24) is 0 Å². The number of nitrogen functional groups attached to an aromatic ring is 1. The number of fused-ring (bicyclic) bond motifs is 1. The second-order valence-corrected chi connectivity index (χ2v) is 4.07. The van der Waals surface area contributed by atoms with Gasteiger partial charge < -0.3 is 11.5 Å². The summed E-state index contributed by atoms with van der Waals surface area (Å²) in [6, 6.07) is 4.11. The summed E-state index contributed by atoms with van der Waals surface area (Å²) in [4.78, 5) is 0. The van der Waals surface area contributed by atoms with E-state index in [-0.39, 0.29) is 6.04 Å². The largest absolute Gasteiger partial charge is 0.399 e. The van der Waals surface area contributed by atoms with Gasteiger partial charge in [0.1, 0.15) is 0 Å². The molecule has 0 saturated carbocycles. The molecule has 1 atom stereocenters. The number of hydrogen-bond acceptors (Lipinski definition) is 2. The number of anilines is 1. The summed E-state index contributed by atoms with van der Waals surface area (Å²) < 4.78 is 1.10. The van der Waals surface area contributed by atoms with Crippen LogP contribution in [0.3, 0.4) is 0 Å². The lowest BCUT2D eigenvalue weighted by Gasteiger charge is -2.06. The van der Waals surface area contributed by atoms with Crippen LogP contribution in [0.2, 0.25) is 0 Å². The molecule has 0 amide bonds. The minimum absolute atomic E-state index is 0.180. The zero-order chi connectivity index (χ0) is 8.72. The summed E-state index contributed by atoms with van der Waals surface area (Å²) in [7, 11) is 0. The lowest BCUT2D eigenvalue weighted by molar-refractivity contribution is 0.713. The highest BCUT2D eigenvalue weighted by Crippen LogP contribution is 2.35. The molecule has 1 aromatic carbocycles. The van der Waals surface area contributed by atoms with Crippen molar-refractivity contribution in [2.24, 2.45) is 5.73 Å². The van der Waals surface area contributed by atoms with E-state index in [9.17, 15) is 0 Å². The molecule has 0 unspecified atom stereocenters. The van der Waals surface area contributed by atoms with Crippen molar-refractivity contribution < 1.29 is 0 Å². The number of rotatable bonds is 0. The Morgan fingerprint density at radius 1 is 1.42 bits per heavy atom. The molecule has 0 bridgehead atoms. The van der Waals surface area contributed by atoms with E-state index in [0.717, 1.165) is 23.0 Å². The van der Waals surface area contributed by atoms with Gasteiger partial charge in [-0.3, -0.25) is 0 Å². The molecule has 0 aliphatic heterocycles. The fraction of sp³-hybridized carbons (Fsp3) is 0.333. The highest BCUT2D eigenvalue weighted by Gasteiger charge is 2.21. The molecule has 0 radical (unpaired) electrons. The van der Waals surface area contributed by atoms with Crippen molar-refractivity contribution in [2.45, 2.75) is 18.9 Å². The van der Waals surface area contributed by atoms with Crippen LogP contribution in [0, 0.1) is 0 Å². The Bertz CT molecular complexity index is 323. The van der Waals surface area contributed by atoms with Gasteiger partial charge in [0.25, 0.3) is 0 Å². The van der Waals surface area contributed by atoms with Crippen LogP contribution < -0.4 is 11.5 Å². The highest BCUT2D eigenvalue weighted by atomic mass is 79.9. The van der Waals surface area contributed by atoms with E-state index >= 15 is 0 Å². The van der Waals surface area contributed by atoms with Crippen LogP contribution >= 0.6 is 15.9 Å². The monoisotopic (exact) mass is 226 g/mol. The van der Waals surface area contributed by atoms with Gasteiger partial charge in [-0.15, -0.1) is 0 Å². The third-order valence-electron chi connectivity index (χ3n) is 2.36. The zero-order valence-corrected chi connectivity index (χ0v) is 8.26. The third-order valence-corrected chi connectivity index (χ3v) is 3.06. The quantitative estimate of drug-likeness (QED) is 0.666. The van der Waals surface area contributed by atoms with Crippen molar-refractivity contribution in [3.8, 4) is 0 Å². The van der Waals surface area contributed by atoms with Crippen LogP contribution in [0.15, 0.2) is 16.6 Å². The summed E-state index contributed by atoms with van der Waals surface area (Å²) in [5, 5.41) is 0. The molecule has 1 aliphatic rings. The minimum atomic E-state index is 0.180. The normalized spacial score (nSPS) is 21.0. The van der Waals surface area contributed by atoms with Gasteiger partial charge in [-0.1, -0.05) is 15.9 Å². The van der Waals surface area contributed by atoms with Crippen LogP contribution in [0.5, 0.6) is 0 Å². The number of halogens is 1. The highest BCUT2D eigenvalue weighted by molar-refractivity contribution is 9.10. The summed E-state index contributed by atoms with van der Waals surface area (Å²) in [5.74, 6) is 0. The molecule has 4 N–H and O–H groups in total. The summed E-state index contributed by atoms with van der Waals surface area (Å²) >= 11 is 3.49. The van der Waals surface area contributed by atoms with Crippen molar-refractivity contribution in [3.05, 3.63) is 27.7 Å². The van der Waals surface area contributed by atoms with E-state index in [2.05, 4.69) is 15.9 Å². The van der Waals surface area contributed by atoms with Gasteiger partial charge in [0.2, 0.25) is 0 Å². The topological polar surface area (TPSA) is 52.0 Å². The Balaban J connectivity index is 2.60. The molecular formula is C9H11BrN2. The van der Waals surface area contributed by atoms with Crippen LogP contribution in [0.1, 0.15) is 23.6 Å². The van der Waals surface area contributed by atoms with Crippen LogP contribution in [0.4, 0.5) is 5.69 Å². The molecule has 2 rings (SSSR count). The fourth-order valence-electron chi connectivity index (χ4n) is 1.73. The Morgan fingerprint density at radius 2 is 2.17 bits per heavy atom. The molecule has 2 nitrogen and oxygen atoms in total. The molecule has 12 heavy (non-hydrogen) atoms. The molecule has 0 heterocycles. The van der Waals surface area contributed by atoms with Crippen LogP contribution in [0.25, 0.3) is 0 Å². The minimum Gasteiger partial charge on any atom is -0.399 e. The Labute approximate surface area is 80.1 Å². The van der Waals surface area contributed by atoms with Gasteiger partial charge >= 0.3 is 0 Å². The summed E-state index contributed by atoms with van der Waals surface area (Å²) in [5.41, 5.74) is 14.9. The Hall–Kier alpha value is -0.540. The van der Waals surface area contributed by atoms with E-state index in [1.807, 2.05) is 12.1 Å². The number of benzene rings is 1. The van der Waals surface area contributed by atoms with Crippen molar-refractivity contribution in [3.63, 3.8) is 0 Å². The van der Waals surface area contributed by atoms with Crippen molar-refractivity contribution >= 4 is 21.6 Å². The molecule has 0 spiro atoms. The maximum Gasteiger partial charge on any atom is 0.0328 e. The Morgan fingerprint density at radius 3 is 2.92 bits per heavy atom. The van der Waals surface area contributed by atoms with Gasteiger partial charge in [-0.2, -0.15) is 0 Å². The first kappa shape index (κ1) is 8.08. The predicted octanol–water partition coefficient (Wildman–Crippen LogP) is 1.98. The van der Waals surface area contributed by atoms with E-state index in [4.69, 9.17) is 11.5 Å². The molecule has 1 aliphatic carbocycles. The first-order valence-corrected chi connectivity index (χ1v) is 4.81. The Kier molecular flexibility index (Phi) is 1.85. The van der Waals surface area contributed by atoms with Crippen molar-refractivity contribution in [2.75, 3.05) is 5.73 Å². The van der Waals surface area contributed by atoms with E-state index in [1.54, 1.807) is 0 Å². The second kappa shape index (κ2) is 2.75. The first-order chi connectivity index (χ1) is 5.68. The van der Waals surface area contributed by atoms with Crippen LogP contribution in [-0.2, 0) is 6.42 Å². The fourth-order valence-corrected chi connectivity index (χ4v) is 2.42. The predicted molar refractivity (Wildman–Crippen MR) is 53.8 cm³/mol. The average Bonchev–Trinajstić information content (AvgIpc) is 2.33. The van der Waals surface area contributed by atoms with Gasteiger partial charge in [0.05, 0.1) is 0 Å². The maximum absolute atomic E-state index is 5.91. The van der Waals surface area contributed by atoms with E-state index in [0.29, 0.717) is 0 Å². The van der Waals surface area contributed by atoms with E-state index in [1.165, 1.54) is 11.1 Å². The summed E-state index contributed by atoms with van der Waals surface area (Å²) in [6.45, 7) is 0. The molecule has 3 heteroatoms. The van der Waals surface area contributed by atoms with Gasteiger partial charge in [0.15, 0.2) is 0 Å². The zero-order valence-electron chi connectivity index (χ0n) is 6.68. The maximum atomic E-state index is 5.91. The summed E-state index contributed by atoms with van der Waals surface area (Å²) in [6.07, 6.45) is 2.11. The second-order valence-electron chi connectivity index (χ2n) is 3.22. The van der Waals surface area contributed by atoms with Gasteiger partial charge in [-0.25, -0.2) is 0 Å². The van der Waals surface area contributed by atoms with Crippen LogP contribution in [-0.4, -0.2) is 0 Å². The SMILES string of the molecule is Nc1cc(Br)c2c(c1)[C@@H](N)CC2. The molecule has 1 aromatic rings. The standard InChI is InChI=1S/C9H11BrN2/c10-8-4-5(11)3-7-6(8)1-2-9(7)12/h3-4,9H,1-2,11-12H2/t9-/m0/s1. The average molecular weight is 227 g/mol. The molecule has 0 aromatic heterocycles. The molecule has 64 valence electrons. The molecule has 0 fully saturated rings. The number of hydrogen-bond donors (Lipinski definition) is 2. The van der Waals surface area contributed by atoms with Crippen molar-refractivity contribution in [1.29, 1.82) is 0 Å². The third kappa shape index (κ3) is 1.13. The molecule has 0 saturated heterocycles. The lowest BCUT2D eigenvalue weighted by Crippen LogP contribution is -2.05. The van der Waals surface area contributed by atoms with Gasteiger partial charge in [-0.05, 0) is 36.1 Å². The first-order valence-electron chi connectivity index (χ1n) is 4.02. The van der Waals surface area contributed by atoms with E-state index < -0.39 is 0 Å².